The predicted octanol–water partition coefficient (Wildman–Crippen LogP) is 1.86. The molecule has 3 aromatic heterocycles. The number of fused-ring (bicyclic) bond motifs is 1. The van der Waals surface area contributed by atoms with Crippen LogP contribution in [0.1, 0.15) is 16.2 Å². The van der Waals surface area contributed by atoms with Gasteiger partial charge in [0.2, 0.25) is 0 Å². The van der Waals surface area contributed by atoms with Crippen LogP contribution in [-0.2, 0) is 20.1 Å². The Hall–Kier alpha value is -3.16. The topological polar surface area (TPSA) is 65.2 Å². The van der Waals surface area contributed by atoms with Gasteiger partial charge < -0.3 is 18.8 Å². The number of aromatic nitrogens is 4. The summed E-state index contributed by atoms with van der Waals surface area (Å²) in [6.45, 7) is 1.25. The van der Waals surface area contributed by atoms with E-state index in [1.54, 1.807) is 22.0 Å². The van der Waals surface area contributed by atoms with E-state index in [1.807, 2.05) is 29.9 Å². The molecule has 4 heterocycles. The summed E-state index contributed by atoms with van der Waals surface area (Å²) in [4.78, 5) is 22.6. The fraction of sp³-hybridized carbons (Fsp3) is 0.278. The van der Waals surface area contributed by atoms with Crippen molar-refractivity contribution in [2.24, 2.45) is 7.05 Å². The second-order valence-electron chi connectivity index (χ2n) is 6.29. The van der Waals surface area contributed by atoms with Gasteiger partial charge in [-0.2, -0.15) is 0 Å². The third-order valence-electron chi connectivity index (χ3n) is 4.31. The highest BCUT2D eigenvalue weighted by Gasteiger charge is 2.28. The molecule has 1 atom stereocenters. The minimum atomic E-state index is -0.521. The number of pyridine rings is 1. The number of imidazole rings is 1. The number of nitrogens with zero attached hydrogens (tertiary/aromatic N) is 5. The summed E-state index contributed by atoms with van der Waals surface area (Å²) in [5, 5.41) is 0. The van der Waals surface area contributed by atoms with Crippen LogP contribution in [0.3, 0.4) is 0 Å². The van der Waals surface area contributed by atoms with E-state index in [0.29, 0.717) is 25.3 Å². The van der Waals surface area contributed by atoms with Crippen molar-refractivity contribution in [1.82, 2.24) is 24.0 Å². The summed E-state index contributed by atoms with van der Waals surface area (Å²) in [5.74, 6) is -0.763. The van der Waals surface area contributed by atoms with Crippen LogP contribution in [-0.4, -0.2) is 42.6 Å². The first-order valence-electron chi connectivity index (χ1n) is 8.28. The van der Waals surface area contributed by atoms with Crippen molar-refractivity contribution in [3.8, 4) is 5.88 Å². The number of hydrogen-bond donors (Lipinski definition) is 0. The number of rotatable bonds is 3. The molecule has 4 rings (SSSR count). The average molecular weight is 355 g/mol. The highest BCUT2D eigenvalue weighted by molar-refractivity contribution is 5.92. The molecule has 0 spiro atoms. The van der Waals surface area contributed by atoms with E-state index in [9.17, 15) is 9.18 Å². The quantitative estimate of drug-likeness (QED) is 0.719. The maximum atomic E-state index is 13.9. The van der Waals surface area contributed by atoms with E-state index in [2.05, 4.69) is 9.97 Å². The molecule has 0 saturated carbocycles. The maximum absolute atomic E-state index is 13.9. The van der Waals surface area contributed by atoms with Gasteiger partial charge in [-0.05, 0) is 24.3 Å². The monoisotopic (exact) mass is 355 g/mol. The summed E-state index contributed by atoms with van der Waals surface area (Å²) in [7, 11) is 1.81. The van der Waals surface area contributed by atoms with Crippen LogP contribution in [0, 0.1) is 5.82 Å². The van der Waals surface area contributed by atoms with Crippen molar-refractivity contribution < 1.29 is 13.9 Å². The van der Waals surface area contributed by atoms with Crippen molar-refractivity contribution >= 4 is 5.91 Å². The number of ether oxygens (including phenoxy) is 1. The van der Waals surface area contributed by atoms with E-state index in [-0.39, 0.29) is 11.8 Å². The van der Waals surface area contributed by atoms with E-state index in [1.165, 1.54) is 18.3 Å². The minimum absolute atomic E-state index is 0.0571. The number of hydrogen-bond acceptors (Lipinski definition) is 4. The number of halogens is 1. The minimum Gasteiger partial charge on any atom is -0.468 e. The first-order valence-corrected chi connectivity index (χ1v) is 8.28. The number of amides is 1. The summed E-state index contributed by atoms with van der Waals surface area (Å²) < 4.78 is 23.4. The number of carbonyl (C=O) groups is 1. The molecule has 0 unspecified atom stereocenters. The van der Waals surface area contributed by atoms with Crippen molar-refractivity contribution in [2.45, 2.75) is 19.2 Å². The van der Waals surface area contributed by atoms with E-state index >= 15 is 0 Å². The van der Waals surface area contributed by atoms with E-state index < -0.39 is 11.9 Å². The maximum Gasteiger partial charge on any atom is 0.274 e. The van der Waals surface area contributed by atoms with E-state index in [0.717, 1.165) is 5.69 Å². The summed E-state index contributed by atoms with van der Waals surface area (Å²) in [5.41, 5.74) is 1.36. The Bertz CT molecular complexity index is 935. The normalized spacial score (nSPS) is 16.8. The van der Waals surface area contributed by atoms with Gasteiger partial charge in [0, 0.05) is 31.3 Å². The van der Waals surface area contributed by atoms with Crippen LogP contribution >= 0.6 is 0 Å². The van der Waals surface area contributed by atoms with Gasteiger partial charge >= 0.3 is 0 Å². The lowest BCUT2D eigenvalue weighted by atomic mass is 10.3. The van der Waals surface area contributed by atoms with Crippen LogP contribution in [0.2, 0.25) is 0 Å². The van der Waals surface area contributed by atoms with Crippen LogP contribution in [0.15, 0.2) is 49.2 Å². The average Bonchev–Trinajstić information content (AvgIpc) is 3.21. The summed E-state index contributed by atoms with van der Waals surface area (Å²) in [6, 6.07) is 6.69. The molecular weight excluding hydrogens is 337 g/mol. The summed E-state index contributed by atoms with van der Waals surface area (Å²) >= 11 is 0. The van der Waals surface area contributed by atoms with Crippen LogP contribution in [0.5, 0.6) is 5.88 Å². The molecule has 7 nitrogen and oxygen atoms in total. The second kappa shape index (κ2) is 6.62. The number of aryl methyl sites for hydroxylation is 1. The highest BCUT2D eigenvalue weighted by atomic mass is 19.1. The zero-order valence-electron chi connectivity index (χ0n) is 14.2. The SMILES string of the molecule is Cn1cnc(C(=O)N2Cc3cccn3C[C@H](Oc3ncccc3F)C2)c1. The van der Waals surface area contributed by atoms with Crippen LogP contribution in [0.25, 0.3) is 0 Å². The van der Waals surface area contributed by atoms with E-state index in [4.69, 9.17) is 4.74 Å². The zero-order valence-corrected chi connectivity index (χ0v) is 14.2. The van der Waals surface area contributed by atoms with Gasteiger partial charge in [-0.1, -0.05) is 0 Å². The molecule has 0 bridgehead atoms. The first kappa shape index (κ1) is 16.3. The molecule has 0 aromatic carbocycles. The Morgan fingerprint density at radius 2 is 2.15 bits per heavy atom. The van der Waals surface area contributed by atoms with Crippen molar-refractivity contribution in [1.29, 1.82) is 0 Å². The summed E-state index contributed by atoms with van der Waals surface area (Å²) in [6.07, 6.45) is 6.24. The van der Waals surface area contributed by atoms with Gasteiger partial charge in [-0.25, -0.2) is 14.4 Å². The third-order valence-corrected chi connectivity index (χ3v) is 4.31. The fourth-order valence-electron chi connectivity index (χ4n) is 3.08. The molecular formula is C18H18FN5O2. The first-order chi connectivity index (χ1) is 12.6. The van der Waals surface area contributed by atoms with Gasteiger partial charge in [0.25, 0.3) is 11.8 Å². The predicted molar refractivity (Wildman–Crippen MR) is 91.0 cm³/mol. The molecule has 8 heteroatoms. The van der Waals surface area contributed by atoms with Gasteiger partial charge in [-0.3, -0.25) is 4.79 Å². The molecule has 0 saturated heterocycles. The Morgan fingerprint density at radius 1 is 1.27 bits per heavy atom. The lowest BCUT2D eigenvalue weighted by Crippen LogP contribution is -2.39. The molecule has 1 amide bonds. The Balaban J connectivity index is 1.61. The molecule has 3 aromatic rings. The van der Waals surface area contributed by atoms with Crippen molar-refractivity contribution in [3.05, 3.63) is 66.4 Å². The third kappa shape index (κ3) is 3.17. The molecule has 0 radical (unpaired) electrons. The molecule has 1 aliphatic rings. The molecule has 134 valence electrons. The van der Waals surface area contributed by atoms with Gasteiger partial charge in [0.05, 0.1) is 26.0 Å². The van der Waals surface area contributed by atoms with Crippen LogP contribution in [0.4, 0.5) is 4.39 Å². The lowest BCUT2D eigenvalue weighted by molar-refractivity contribution is 0.0635. The Labute approximate surface area is 149 Å². The molecule has 0 N–H and O–H groups in total. The fourth-order valence-corrected chi connectivity index (χ4v) is 3.08. The van der Waals surface area contributed by atoms with Crippen molar-refractivity contribution in [2.75, 3.05) is 6.54 Å². The van der Waals surface area contributed by atoms with Gasteiger partial charge in [0.15, 0.2) is 5.82 Å². The van der Waals surface area contributed by atoms with Crippen LogP contribution < -0.4 is 4.74 Å². The lowest BCUT2D eigenvalue weighted by Gasteiger charge is -2.24. The van der Waals surface area contributed by atoms with Gasteiger partial charge in [0.1, 0.15) is 11.8 Å². The largest absolute Gasteiger partial charge is 0.468 e. The Kier molecular flexibility index (Phi) is 4.16. The smallest absolute Gasteiger partial charge is 0.274 e. The molecule has 26 heavy (non-hydrogen) atoms. The second-order valence-corrected chi connectivity index (χ2v) is 6.29. The van der Waals surface area contributed by atoms with Crippen molar-refractivity contribution in [3.63, 3.8) is 0 Å². The number of carbonyl (C=O) groups excluding carboxylic acids is 1. The molecule has 0 fully saturated rings. The highest BCUT2D eigenvalue weighted by Crippen LogP contribution is 2.20. The molecule has 0 aliphatic carbocycles. The Morgan fingerprint density at radius 3 is 2.92 bits per heavy atom. The zero-order chi connectivity index (χ0) is 18.1. The molecule has 1 aliphatic heterocycles. The van der Waals surface area contributed by atoms with Gasteiger partial charge in [-0.15, -0.1) is 0 Å². The standard InChI is InChI=1S/C18H18FN5O2/c1-22-11-16(21-12-22)18(25)24-8-13-4-3-7-23(13)9-14(10-24)26-17-15(19)5-2-6-20-17/h2-7,11-12,14H,8-10H2,1H3/t14-/m0/s1.